The number of hydrogen-bond acceptors (Lipinski definition) is 6. The first-order chi connectivity index (χ1) is 13.3. The van der Waals surface area contributed by atoms with E-state index in [-0.39, 0.29) is 34.7 Å². The van der Waals surface area contributed by atoms with Gasteiger partial charge in [0.25, 0.3) is 0 Å². The lowest BCUT2D eigenvalue weighted by atomic mass is 10.3. The Labute approximate surface area is 174 Å². The van der Waals surface area contributed by atoms with Gasteiger partial charge >= 0.3 is 0 Å². The molecule has 2 heterocycles. The molecule has 150 valence electrons. The zero-order chi connectivity index (χ0) is 20.3. The van der Waals surface area contributed by atoms with Crippen LogP contribution in [-0.2, 0) is 14.8 Å². The van der Waals surface area contributed by atoms with Gasteiger partial charge < -0.3 is 4.90 Å². The summed E-state index contributed by atoms with van der Waals surface area (Å²) in [6.45, 7) is 4.94. The molecule has 0 bridgehead atoms. The lowest BCUT2D eigenvalue weighted by molar-refractivity contribution is -0.129. The van der Waals surface area contributed by atoms with Crippen molar-refractivity contribution in [2.24, 2.45) is 0 Å². The van der Waals surface area contributed by atoms with Gasteiger partial charge in [0.1, 0.15) is 4.90 Å². The fraction of sp³-hybridized carbons (Fsp3) is 0.389. The maximum absolute atomic E-state index is 12.8. The van der Waals surface area contributed by atoms with Gasteiger partial charge in [-0.1, -0.05) is 35.5 Å². The molecular formula is C18H21ClN4O3S2. The molecule has 10 heteroatoms. The van der Waals surface area contributed by atoms with Gasteiger partial charge in [-0.25, -0.2) is 18.4 Å². The van der Waals surface area contributed by atoms with Gasteiger partial charge in [-0.3, -0.25) is 4.79 Å². The van der Waals surface area contributed by atoms with E-state index < -0.39 is 10.0 Å². The summed E-state index contributed by atoms with van der Waals surface area (Å²) >= 11 is 7.34. The number of hydrogen-bond donors (Lipinski definition) is 0. The van der Waals surface area contributed by atoms with E-state index in [1.54, 1.807) is 23.1 Å². The summed E-state index contributed by atoms with van der Waals surface area (Å²) in [5.74, 6) is 0.169. The van der Waals surface area contributed by atoms with E-state index in [1.807, 2.05) is 19.9 Å². The molecule has 7 nitrogen and oxygen atoms in total. The number of piperazine rings is 1. The molecule has 1 aromatic heterocycles. The van der Waals surface area contributed by atoms with E-state index in [2.05, 4.69) is 9.97 Å². The SMILES string of the molecule is Cc1cc(C)nc(SCC(=O)N2CCN(S(=O)(=O)c3ccccc3Cl)CC2)n1. The van der Waals surface area contributed by atoms with Crippen molar-refractivity contribution >= 4 is 39.3 Å². The van der Waals surface area contributed by atoms with Gasteiger partial charge in [-0.2, -0.15) is 4.31 Å². The summed E-state index contributed by atoms with van der Waals surface area (Å²) in [7, 11) is -3.67. The fourth-order valence-electron chi connectivity index (χ4n) is 2.95. The lowest BCUT2D eigenvalue weighted by Crippen LogP contribution is -2.51. The number of amides is 1. The predicted octanol–water partition coefficient (Wildman–Crippen LogP) is 2.37. The summed E-state index contributed by atoms with van der Waals surface area (Å²) in [6, 6.07) is 8.26. The van der Waals surface area contributed by atoms with Crippen LogP contribution in [0.25, 0.3) is 0 Å². The molecule has 1 aliphatic heterocycles. The molecule has 0 aliphatic carbocycles. The monoisotopic (exact) mass is 440 g/mol. The third-order valence-electron chi connectivity index (χ3n) is 4.33. The third-order valence-corrected chi connectivity index (χ3v) is 7.56. The predicted molar refractivity (Wildman–Crippen MR) is 109 cm³/mol. The maximum atomic E-state index is 12.8. The van der Waals surface area contributed by atoms with Crippen molar-refractivity contribution in [1.29, 1.82) is 0 Å². The van der Waals surface area contributed by atoms with Gasteiger partial charge in [0.15, 0.2) is 5.16 Å². The molecular weight excluding hydrogens is 420 g/mol. The second-order valence-electron chi connectivity index (χ2n) is 6.44. The first-order valence-corrected chi connectivity index (χ1v) is 11.6. The Morgan fingerprint density at radius 1 is 1.11 bits per heavy atom. The summed E-state index contributed by atoms with van der Waals surface area (Å²) in [5, 5.41) is 0.775. The Hall–Kier alpha value is -1.68. The van der Waals surface area contributed by atoms with Gasteiger partial charge in [-0.15, -0.1) is 0 Å². The van der Waals surface area contributed by atoms with E-state index >= 15 is 0 Å². The quantitative estimate of drug-likeness (QED) is 0.524. The standard InChI is InChI=1S/C18H21ClN4O3S2/c1-13-11-14(2)21-18(20-13)27-12-17(24)22-7-9-23(10-8-22)28(25,26)16-6-4-3-5-15(16)19/h3-6,11H,7-10,12H2,1-2H3. The maximum Gasteiger partial charge on any atom is 0.244 e. The molecule has 1 aromatic carbocycles. The number of nitrogens with zero attached hydrogens (tertiary/aromatic N) is 4. The Kier molecular flexibility index (Phi) is 6.59. The molecule has 3 rings (SSSR count). The summed E-state index contributed by atoms with van der Waals surface area (Å²) in [4.78, 5) is 22.9. The Bertz CT molecular complexity index is 956. The van der Waals surface area contributed by atoms with E-state index in [4.69, 9.17) is 11.6 Å². The Morgan fingerprint density at radius 3 is 2.32 bits per heavy atom. The molecule has 0 unspecified atom stereocenters. The molecule has 1 fully saturated rings. The van der Waals surface area contributed by atoms with Crippen molar-refractivity contribution in [3.63, 3.8) is 0 Å². The molecule has 0 radical (unpaired) electrons. The second-order valence-corrected chi connectivity index (χ2v) is 9.69. The van der Waals surface area contributed by atoms with Gasteiger partial charge in [0.2, 0.25) is 15.9 Å². The minimum absolute atomic E-state index is 0.0532. The lowest BCUT2D eigenvalue weighted by Gasteiger charge is -2.34. The Morgan fingerprint density at radius 2 is 1.71 bits per heavy atom. The zero-order valence-electron chi connectivity index (χ0n) is 15.6. The van der Waals surface area contributed by atoms with Crippen LogP contribution < -0.4 is 0 Å². The van der Waals surface area contributed by atoms with Crippen LogP contribution in [0.5, 0.6) is 0 Å². The fourth-order valence-corrected chi connectivity index (χ4v) is 5.71. The number of aryl methyl sites for hydroxylation is 2. The number of rotatable bonds is 5. The molecule has 1 saturated heterocycles. The minimum atomic E-state index is -3.67. The van der Waals surface area contributed by atoms with Gasteiger partial charge in [0.05, 0.1) is 10.8 Å². The molecule has 1 aliphatic rings. The van der Waals surface area contributed by atoms with Crippen LogP contribution in [0.4, 0.5) is 0 Å². The highest BCUT2D eigenvalue weighted by atomic mass is 35.5. The second kappa shape index (κ2) is 8.77. The number of thioether (sulfide) groups is 1. The van der Waals surface area contributed by atoms with Crippen LogP contribution in [0.15, 0.2) is 40.4 Å². The van der Waals surface area contributed by atoms with E-state index in [9.17, 15) is 13.2 Å². The molecule has 2 aromatic rings. The highest BCUT2D eigenvalue weighted by Gasteiger charge is 2.31. The largest absolute Gasteiger partial charge is 0.339 e. The average molecular weight is 441 g/mol. The summed E-state index contributed by atoms with van der Waals surface area (Å²) in [6.07, 6.45) is 0. The van der Waals surface area contributed by atoms with Gasteiger partial charge in [-0.05, 0) is 32.0 Å². The minimum Gasteiger partial charge on any atom is -0.339 e. The average Bonchev–Trinajstić information content (AvgIpc) is 2.65. The first kappa shape index (κ1) is 21.0. The molecule has 0 N–H and O–H groups in total. The topological polar surface area (TPSA) is 83.5 Å². The van der Waals surface area contributed by atoms with Crippen molar-refractivity contribution < 1.29 is 13.2 Å². The van der Waals surface area contributed by atoms with E-state index in [0.29, 0.717) is 18.2 Å². The number of carbonyl (C=O) groups excluding carboxylic acids is 1. The van der Waals surface area contributed by atoms with Crippen LogP contribution in [-0.4, -0.2) is 65.4 Å². The van der Waals surface area contributed by atoms with Crippen molar-refractivity contribution in [2.75, 3.05) is 31.9 Å². The highest BCUT2D eigenvalue weighted by Crippen LogP contribution is 2.25. The van der Waals surface area contributed by atoms with Crippen LogP contribution in [0.3, 0.4) is 0 Å². The van der Waals surface area contributed by atoms with E-state index in [1.165, 1.54) is 22.1 Å². The zero-order valence-corrected chi connectivity index (χ0v) is 18.0. The van der Waals surface area contributed by atoms with Crippen LogP contribution in [0.2, 0.25) is 5.02 Å². The number of benzene rings is 1. The molecule has 0 spiro atoms. The number of sulfonamides is 1. The van der Waals surface area contributed by atoms with Crippen LogP contribution >= 0.6 is 23.4 Å². The molecule has 0 saturated carbocycles. The van der Waals surface area contributed by atoms with E-state index in [0.717, 1.165) is 11.4 Å². The third kappa shape index (κ3) is 4.83. The van der Waals surface area contributed by atoms with Crippen molar-refractivity contribution in [2.45, 2.75) is 23.9 Å². The molecule has 0 atom stereocenters. The van der Waals surface area contributed by atoms with Crippen molar-refractivity contribution in [3.8, 4) is 0 Å². The number of halogens is 1. The Balaban J connectivity index is 1.57. The molecule has 1 amide bonds. The first-order valence-electron chi connectivity index (χ1n) is 8.75. The van der Waals surface area contributed by atoms with Crippen molar-refractivity contribution in [1.82, 2.24) is 19.2 Å². The summed E-state index contributed by atoms with van der Waals surface area (Å²) < 4.78 is 26.9. The van der Waals surface area contributed by atoms with Crippen LogP contribution in [0.1, 0.15) is 11.4 Å². The van der Waals surface area contributed by atoms with Gasteiger partial charge in [0, 0.05) is 37.6 Å². The van der Waals surface area contributed by atoms with Crippen LogP contribution in [0, 0.1) is 13.8 Å². The smallest absolute Gasteiger partial charge is 0.244 e. The molecule has 28 heavy (non-hydrogen) atoms. The number of carbonyl (C=O) groups is 1. The number of aromatic nitrogens is 2. The normalized spacial score (nSPS) is 15.6. The highest BCUT2D eigenvalue weighted by molar-refractivity contribution is 7.99. The summed E-state index contributed by atoms with van der Waals surface area (Å²) in [5.41, 5.74) is 1.72. The van der Waals surface area contributed by atoms with Crippen molar-refractivity contribution in [3.05, 3.63) is 46.7 Å².